The summed E-state index contributed by atoms with van der Waals surface area (Å²) in [6.07, 6.45) is 5.75. The Morgan fingerprint density at radius 2 is 2.00 bits per heavy atom. The Morgan fingerprint density at radius 3 is 2.52 bits per heavy atom. The highest BCUT2D eigenvalue weighted by Crippen LogP contribution is 2.49. The summed E-state index contributed by atoms with van der Waals surface area (Å²) in [5.74, 6) is 2.46. The average Bonchev–Trinajstić information content (AvgIpc) is 3.12. The van der Waals surface area contributed by atoms with E-state index in [4.69, 9.17) is 0 Å². The molecule has 3 fully saturated rings. The zero-order chi connectivity index (χ0) is 16.8. The first-order valence-corrected chi connectivity index (χ1v) is 9.11. The average molecular weight is 321 g/mol. The monoisotopic (exact) mass is 321 g/mol. The van der Waals surface area contributed by atoms with Crippen LogP contribution in [0.15, 0.2) is 0 Å². The third-order valence-corrected chi connectivity index (χ3v) is 6.06. The van der Waals surface area contributed by atoms with Crippen molar-refractivity contribution < 1.29 is 9.59 Å². The van der Waals surface area contributed by atoms with Crippen LogP contribution in [0.2, 0.25) is 0 Å². The highest BCUT2D eigenvalue weighted by molar-refractivity contribution is 5.82. The molecule has 23 heavy (non-hydrogen) atoms. The number of fused-ring (bicyclic) bond motifs is 2. The van der Waals surface area contributed by atoms with Gasteiger partial charge in [-0.05, 0) is 64.7 Å². The lowest BCUT2D eigenvalue weighted by Gasteiger charge is -2.32. The molecule has 1 heterocycles. The summed E-state index contributed by atoms with van der Waals surface area (Å²) in [6, 6.07) is 0.0314. The van der Waals surface area contributed by atoms with Crippen LogP contribution < -0.4 is 10.6 Å². The molecule has 2 saturated carbocycles. The minimum atomic E-state index is -0.180. The summed E-state index contributed by atoms with van der Waals surface area (Å²) in [7, 11) is 0. The van der Waals surface area contributed by atoms with E-state index in [0.29, 0.717) is 18.9 Å². The topological polar surface area (TPSA) is 61.4 Å². The summed E-state index contributed by atoms with van der Waals surface area (Å²) in [6.45, 7) is 8.84. The van der Waals surface area contributed by atoms with Crippen LogP contribution in [0.3, 0.4) is 0 Å². The predicted molar refractivity (Wildman–Crippen MR) is 89.9 cm³/mol. The van der Waals surface area contributed by atoms with Crippen LogP contribution in [0.25, 0.3) is 0 Å². The highest BCUT2D eigenvalue weighted by atomic mass is 16.2. The molecule has 0 aromatic heterocycles. The first-order chi connectivity index (χ1) is 10.7. The molecular weight excluding hydrogens is 290 g/mol. The largest absolute Gasteiger partial charge is 0.336 e. The van der Waals surface area contributed by atoms with Crippen molar-refractivity contribution in [3.8, 4) is 0 Å². The fourth-order valence-corrected chi connectivity index (χ4v) is 4.90. The van der Waals surface area contributed by atoms with Crippen molar-refractivity contribution in [1.82, 2.24) is 15.5 Å². The molecule has 5 atom stereocenters. The summed E-state index contributed by atoms with van der Waals surface area (Å²) >= 11 is 0. The lowest BCUT2D eigenvalue weighted by Crippen LogP contribution is -2.50. The third-order valence-electron chi connectivity index (χ3n) is 6.06. The number of hydrogen-bond donors (Lipinski definition) is 2. The molecule has 130 valence electrons. The van der Waals surface area contributed by atoms with Gasteiger partial charge in [-0.25, -0.2) is 4.79 Å². The first kappa shape index (κ1) is 16.6. The van der Waals surface area contributed by atoms with Crippen LogP contribution in [0.1, 0.15) is 59.8 Å². The molecule has 3 aliphatic rings. The molecule has 3 rings (SSSR count). The van der Waals surface area contributed by atoms with Crippen LogP contribution in [0, 0.1) is 17.8 Å². The van der Waals surface area contributed by atoms with Crippen LogP contribution in [-0.4, -0.2) is 41.0 Å². The van der Waals surface area contributed by atoms with Gasteiger partial charge >= 0.3 is 6.03 Å². The van der Waals surface area contributed by atoms with Crippen LogP contribution in [0.4, 0.5) is 4.79 Å². The number of nitrogens with one attached hydrogen (secondary N) is 2. The molecule has 3 amide bonds. The van der Waals surface area contributed by atoms with Gasteiger partial charge in [0.25, 0.3) is 0 Å². The third kappa shape index (κ3) is 3.48. The van der Waals surface area contributed by atoms with E-state index in [9.17, 15) is 9.59 Å². The molecular formula is C18H31N3O2. The fourth-order valence-electron chi connectivity index (χ4n) is 4.90. The van der Waals surface area contributed by atoms with Gasteiger partial charge in [0, 0.05) is 24.5 Å². The van der Waals surface area contributed by atoms with Crippen molar-refractivity contribution in [3.63, 3.8) is 0 Å². The van der Waals surface area contributed by atoms with Crippen molar-refractivity contribution in [2.24, 2.45) is 17.8 Å². The second-order valence-corrected chi connectivity index (χ2v) is 8.82. The Morgan fingerprint density at radius 1 is 1.26 bits per heavy atom. The van der Waals surface area contributed by atoms with Crippen molar-refractivity contribution in [2.45, 2.75) is 77.4 Å². The molecule has 5 heteroatoms. The molecule has 0 radical (unpaired) electrons. The summed E-state index contributed by atoms with van der Waals surface area (Å²) < 4.78 is 0. The molecule has 0 spiro atoms. The summed E-state index contributed by atoms with van der Waals surface area (Å²) in [5, 5.41) is 6.12. The molecule has 0 aromatic rings. The molecule has 2 aliphatic carbocycles. The van der Waals surface area contributed by atoms with E-state index in [2.05, 4.69) is 17.6 Å². The van der Waals surface area contributed by atoms with E-state index in [-0.39, 0.29) is 29.6 Å². The predicted octanol–water partition coefficient (Wildman–Crippen LogP) is 2.51. The molecule has 2 N–H and O–H groups in total. The standard InChI is InChI=1S/C18H31N3O2/c1-11(15-8-12-5-6-13(15)7-12)19-17(23)20-14-9-16(22)21(10-14)18(2,3)4/h11-15H,5-10H2,1-4H3,(H2,19,20,23). The Bertz CT molecular complexity index is 485. The highest BCUT2D eigenvalue weighted by Gasteiger charge is 2.42. The molecule has 2 bridgehead atoms. The lowest BCUT2D eigenvalue weighted by molar-refractivity contribution is -0.131. The normalized spacial score (nSPS) is 34.8. The molecule has 1 aliphatic heterocycles. The van der Waals surface area contributed by atoms with Gasteiger partial charge in [-0.1, -0.05) is 6.42 Å². The number of carbonyl (C=O) groups excluding carboxylic acids is 2. The molecule has 1 saturated heterocycles. The molecule has 5 unspecified atom stereocenters. The zero-order valence-corrected chi connectivity index (χ0v) is 14.9. The van der Waals surface area contributed by atoms with Crippen LogP contribution in [-0.2, 0) is 4.79 Å². The Balaban J connectivity index is 1.47. The van der Waals surface area contributed by atoms with Gasteiger partial charge in [0.1, 0.15) is 0 Å². The van der Waals surface area contributed by atoms with E-state index >= 15 is 0 Å². The number of likely N-dealkylation sites (tertiary alicyclic amines) is 1. The smallest absolute Gasteiger partial charge is 0.315 e. The van der Waals surface area contributed by atoms with Gasteiger partial charge in [-0.15, -0.1) is 0 Å². The van der Waals surface area contributed by atoms with Gasteiger partial charge in [-0.2, -0.15) is 0 Å². The van der Waals surface area contributed by atoms with Crippen molar-refractivity contribution in [2.75, 3.05) is 6.54 Å². The number of carbonyl (C=O) groups is 2. The summed E-state index contributed by atoms with van der Waals surface area (Å²) in [4.78, 5) is 26.2. The number of amides is 3. The maximum Gasteiger partial charge on any atom is 0.315 e. The van der Waals surface area contributed by atoms with E-state index in [0.717, 1.165) is 11.8 Å². The SMILES string of the molecule is CC(NC(=O)NC1CC(=O)N(C(C)(C)C)C1)C1CC2CCC1C2. The number of hydrogen-bond acceptors (Lipinski definition) is 2. The van der Waals surface area contributed by atoms with E-state index < -0.39 is 0 Å². The van der Waals surface area contributed by atoms with Gasteiger partial charge in [-0.3, -0.25) is 4.79 Å². The van der Waals surface area contributed by atoms with Gasteiger partial charge < -0.3 is 15.5 Å². The van der Waals surface area contributed by atoms with Gasteiger partial charge in [0.15, 0.2) is 0 Å². The van der Waals surface area contributed by atoms with Crippen LogP contribution in [0.5, 0.6) is 0 Å². The maximum absolute atomic E-state index is 12.3. The number of urea groups is 1. The number of nitrogens with zero attached hydrogens (tertiary/aromatic N) is 1. The minimum Gasteiger partial charge on any atom is -0.336 e. The molecule has 5 nitrogen and oxygen atoms in total. The van der Waals surface area contributed by atoms with E-state index in [1.807, 2.05) is 25.7 Å². The Hall–Kier alpha value is -1.26. The summed E-state index contributed by atoms with van der Waals surface area (Å²) in [5.41, 5.74) is -0.180. The Kier molecular flexibility index (Phi) is 4.32. The van der Waals surface area contributed by atoms with Crippen LogP contribution >= 0.6 is 0 Å². The Labute approximate surface area is 139 Å². The van der Waals surface area contributed by atoms with Crippen molar-refractivity contribution in [3.05, 3.63) is 0 Å². The van der Waals surface area contributed by atoms with Crippen molar-refractivity contribution in [1.29, 1.82) is 0 Å². The van der Waals surface area contributed by atoms with Crippen molar-refractivity contribution >= 4 is 11.9 Å². The number of rotatable bonds is 3. The lowest BCUT2D eigenvalue weighted by atomic mass is 9.84. The quantitative estimate of drug-likeness (QED) is 0.839. The van der Waals surface area contributed by atoms with Gasteiger partial charge in [0.2, 0.25) is 5.91 Å². The van der Waals surface area contributed by atoms with E-state index in [1.165, 1.54) is 25.7 Å². The minimum absolute atomic E-state index is 0.0750. The second kappa shape index (κ2) is 5.99. The maximum atomic E-state index is 12.3. The van der Waals surface area contributed by atoms with Gasteiger partial charge in [0.05, 0.1) is 6.04 Å². The fraction of sp³-hybridized carbons (Fsp3) is 0.889. The second-order valence-electron chi connectivity index (χ2n) is 8.82. The zero-order valence-electron chi connectivity index (χ0n) is 14.9. The first-order valence-electron chi connectivity index (χ1n) is 9.11. The van der Waals surface area contributed by atoms with E-state index in [1.54, 1.807) is 0 Å². The molecule has 0 aromatic carbocycles.